The number of aryl methyl sites for hydroxylation is 1. The monoisotopic (exact) mass is 419 g/mol. The van der Waals surface area contributed by atoms with Crippen molar-refractivity contribution >= 4 is 23.6 Å². The summed E-state index contributed by atoms with van der Waals surface area (Å²) in [4.78, 5) is 27.4. The van der Waals surface area contributed by atoms with Gasteiger partial charge in [0.05, 0.1) is 0 Å². The van der Waals surface area contributed by atoms with Crippen LogP contribution in [0.4, 0.5) is 0 Å². The summed E-state index contributed by atoms with van der Waals surface area (Å²) in [5.41, 5.74) is 1.91. The number of amides is 1. The second-order valence-electron chi connectivity index (χ2n) is 7.26. The first-order valence-electron chi connectivity index (χ1n) is 9.98. The minimum Gasteiger partial charge on any atom is -0.451 e. The molecule has 0 aliphatic heterocycles. The Balaban J connectivity index is 1.74. The summed E-state index contributed by atoms with van der Waals surface area (Å²) >= 11 is 0. The van der Waals surface area contributed by atoms with Crippen LogP contribution in [-0.2, 0) is 20.9 Å². The second-order valence-corrected chi connectivity index (χ2v) is 7.26. The zero-order chi connectivity index (χ0) is 22.2. The number of rotatable bonds is 8. The molecule has 0 radical (unpaired) electrons. The van der Waals surface area contributed by atoms with Crippen molar-refractivity contribution < 1.29 is 14.3 Å². The smallest absolute Gasteiger partial charge is 0.357 e. The summed E-state index contributed by atoms with van der Waals surface area (Å²) in [5, 5.41) is 11.3. The van der Waals surface area contributed by atoms with Crippen LogP contribution in [0.1, 0.15) is 30.8 Å². The average molecular weight is 419 g/mol. The van der Waals surface area contributed by atoms with Crippen LogP contribution in [0.5, 0.6) is 0 Å². The molecule has 3 aromatic rings. The first kappa shape index (κ1) is 21.9. The van der Waals surface area contributed by atoms with E-state index in [0.717, 1.165) is 11.1 Å². The standard InChI is InChI=1S/C23H25N5O3/c1-17(2)27(15-20-12-8-5-9-13-20)22(29)16-31-23(30)21(28-18(3)24-25-26-28)14-19-10-6-4-7-11-19/h4-14,17H,15-16H2,1-3H3/b21-14-. The first-order valence-corrected chi connectivity index (χ1v) is 9.98. The molecule has 0 bridgehead atoms. The fraction of sp³-hybridized carbons (Fsp3) is 0.261. The molecular weight excluding hydrogens is 394 g/mol. The zero-order valence-electron chi connectivity index (χ0n) is 17.8. The van der Waals surface area contributed by atoms with Gasteiger partial charge in [-0.3, -0.25) is 4.79 Å². The molecule has 8 nitrogen and oxygen atoms in total. The molecule has 0 N–H and O–H groups in total. The van der Waals surface area contributed by atoms with Crippen molar-refractivity contribution in [3.63, 3.8) is 0 Å². The Morgan fingerprint density at radius 2 is 1.71 bits per heavy atom. The number of hydrogen-bond donors (Lipinski definition) is 0. The molecule has 2 aromatic carbocycles. The minimum atomic E-state index is -0.684. The maximum Gasteiger partial charge on any atom is 0.357 e. The van der Waals surface area contributed by atoms with Crippen molar-refractivity contribution in [2.24, 2.45) is 0 Å². The third-order valence-corrected chi connectivity index (χ3v) is 4.63. The lowest BCUT2D eigenvalue weighted by Crippen LogP contribution is -2.39. The Kier molecular flexibility index (Phi) is 7.26. The summed E-state index contributed by atoms with van der Waals surface area (Å²) in [6, 6.07) is 18.9. The van der Waals surface area contributed by atoms with Gasteiger partial charge in [0.25, 0.3) is 5.91 Å². The van der Waals surface area contributed by atoms with Gasteiger partial charge in [-0.1, -0.05) is 60.7 Å². The highest BCUT2D eigenvalue weighted by Gasteiger charge is 2.22. The summed E-state index contributed by atoms with van der Waals surface area (Å²) < 4.78 is 6.67. The van der Waals surface area contributed by atoms with E-state index in [1.165, 1.54) is 4.68 Å². The van der Waals surface area contributed by atoms with Gasteiger partial charge < -0.3 is 9.64 Å². The van der Waals surface area contributed by atoms with Gasteiger partial charge in [0.15, 0.2) is 18.1 Å². The number of hydrogen-bond acceptors (Lipinski definition) is 6. The van der Waals surface area contributed by atoms with Crippen LogP contribution in [0, 0.1) is 6.92 Å². The minimum absolute atomic E-state index is 0.0486. The summed E-state index contributed by atoms with van der Waals surface area (Å²) in [7, 11) is 0. The molecule has 0 fully saturated rings. The lowest BCUT2D eigenvalue weighted by atomic mass is 10.2. The topological polar surface area (TPSA) is 90.2 Å². The third-order valence-electron chi connectivity index (χ3n) is 4.63. The van der Waals surface area contributed by atoms with Crippen LogP contribution in [0.15, 0.2) is 60.7 Å². The molecule has 1 amide bonds. The van der Waals surface area contributed by atoms with E-state index in [2.05, 4.69) is 15.5 Å². The maximum absolute atomic E-state index is 12.9. The molecule has 31 heavy (non-hydrogen) atoms. The molecule has 0 spiro atoms. The number of tetrazole rings is 1. The van der Waals surface area contributed by atoms with Gasteiger partial charge in [-0.25, -0.2) is 4.79 Å². The molecule has 1 aromatic heterocycles. The molecule has 0 atom stereocenters. The lowest BCUT2D eigenvalue weighted by Gasteiger charge is -2.26. The number of aromatic nitrogens is 4. The number of nitrogens with zero attached hydrogens (tertiary/aromatic N) is 5. The van der Waals surface area contributed by atoms with Crippen LogP contribution >= 0.6 is 0 Å². The molecule has 8 heteroatoms. The lowest BCUT2D eigenvalue weighted by molar-refractivity contribution is -0.149. The van der Waals surface area contributed by atoms with E-state index < -0.39 is 5.97 Å². The SMILES string of the molecule is Cc1nnnn1/C(=C\c1ccccc1)C(=O)OCC(=O)N(Cc1ccccc1)C(C)C. The number of ether oxygens (including phenoxy) is 1. The van der Waals surface area contributed by atoms with Gasteiger partial charge >= 0.3 is 5.97 Å². The van der Waals surface area contributed by atoms with Crippen molar-refractivity contribution in [1.82, 2.24) is 25.1 Å². The van der Waals surface area contributed by atoms with Crippen LogP contribution in [-0.4, -0.2) is 49.6 Å². The summed E-state index contributed by atoms with van der Waals surface area (Å²) in [5.74, 6) is -0.533. The van der Waals surface area contributed by atoms with Gasteiger partial charge in [-0.15, -0.1) is 5.10 Å². The van der Waals surface area contributed by atoms with Crippen LogP contribution in [0.2, 0.25) is 0 Å². The molecule has 0 aliphatic carbocycles. The highest BCUT2D eigenvalue weighted by molar-refractivity contribution is 6.15. The number of carbonyl (C=O) groups excluding carboxylic acids is 2. The quantitative estimate of drug-likeness (QED) is 0.412. The van der Waals surface area contributed by atoms with Crippen LogP contribution < -0.4 is 0 Å². The average Bonchev–Trinajstić information content (AvgIpc) is 3.20. The van der Waals surface area contributed by atoms with Crippen LogP contribution in [0.3, 0.4) is 0 Å². The highest BCUT2D eigenvalue weighted by atomic mass is 16.5. The third kappa shape index (κ3) is 5.85. The van der Waals surface area contributed by atoms with Gasteiger partial charge in [0, 0.05) is 12.6 Å². The van der Waals surface area contributed by atoms with E-state index in [-0.39, 0.29) is 24.3 Å². The van der Waals surface area contributed by atoms with Crippen molar-refractivity contribution in [3.8, 4) is 0 Å². The first-order chi connectivity index (χ1) is 15.0. The molecule has 0 saturated carbocycles. The number of benzene rings is 2. The molecular formula is C23H25N5O3. The summed E-state index contributed by atoms with van der Waals surface area (Å²) in [6.07, 6.45) is 1.63. The van der Waals surface area contributed by atoms with Gasteiger partial charge in [-0.2, -0.15) is 4.68 Å². The van der Waals surface area contributed by atoms with E-state index in [9.17, 15) is 9.59 Å². The van der Waals surface area contributed by atoms with E-state index in [0.29, 0.717) is 12.4 Å². The van der Waals surface area contributed by atoms with Gasteiger partial charge in [-0.05, 0) is 48.4 Å². The van der Waals surface area contributed by atoms with Crippen molar-refractivity contribution in [2.45, 2.75) is 33.4 Å². The van der Waals surface area contributed by atoms with E-state index >= 15 is 0 Å². The Hall–Kier alpha value is -3.81. The van der Waals surface area contributed by atoms with Gasteiger partial charge in [0.2, 0.25) is 0 Å². The fourth-order valence-electron chi connectivity index (χ4n) is 2.99. The predicted octanol–water partition coefficient (Wildman–Crippen LogP) is 2.96. The summed E-state index contributed by atoms with van der Waals surface area (Å²) in [6.45, 7) is 5.59. The normalized spacial score (nSPS) is 11.4. The Morgan fingerprint density at radius 1 is 1.06 bits per heavy atom. The number of esters is 1. The highest BCUT2D eigenvalue weighted by Crippen LogP contribution is 2.14. The fourth-order valence-corrected chi connectivity index (χ4v) is 2.99. The molecule has 0 aliphatic rings. The van der Waals surface area contributed by atoms with Crippen molar-refractivity contribution in [2.75, 3.05) is 6.61 Å². The molecule has 3 rings (SSSR count). The Labute approximate surface area is 181 Å². The zero-order valence-corrected chi connectivity index (χ0v) is 17.8. The largest absolute Gasteiger partial charge is 0.451 e. The second kappa shape index (κ2) is 10.3. The number of carbonyl (C=O) groups is 2. The molecule has 1 heterocycles. The maximum atomic E-state index is 12.9. The molecule has 0 saturated heterocycles. The van der Waals surface area contributed by atoms with Gasteiger partial charge in [0.1, 0.15) is 0 Å². The Morgan fingerprint density at radius 3 is 2.29 bits per heavy atom. The van der Waals surface area contributed by atoms with E-state index in [4.69, 9.17) is 4.74 Å². The van der Waals surface area contributed by atoms with E-state index in [1.807, 2.05) is 74.5 Å². The van der Waals surface area contributed by atoms with E-state index in [1.54, 1.807) is 17.9 Å². The molecule has 0 unspecified atom stereocenters. The van der Waals surface area contributed by atoms with Crippen LogP contribution in [0.25, 0.3) is 11.8 Å². The molecule has 160 valence electrons. The predicted molar refractivity (Wildman–Crippen MR) is 116 cm³/mol. The Bertz CT molecular complexity index is 1050. The van der Waals surface area contributed by atoms with Crippen molar-refractivity contribution in [3.05, 3.63) is 77.6 Å². The van der Waals surface area contributed by atoms with Crippen molar-refractivity contribution in [1.29, 1.82) is 0 Å².